The van der Waals surface area contributed by atoms with E-state index in [1.165, 1.54) is 0 Å². The van der Waals surface area contributed by atoms with Gasteiger partial charge >= 0.3 is 0 Å². The fourth-order valence-electron chi connectivity index (χ4n) is 8.76. The Morgan fingerprint density at radius 3 is 2.37 bits per heavy atom. The standard InChI is InChI=1S/C20H32O7/c1-9-5-6-17(23)11(9)14-20(26)12-13(22)19(25,10(2)7-21)16(20,4)18(24,27-14)8-15(12,17)3/h9-14,21-26H,5-8H2,1-4H3/t9-,10?,11+,12+,13-,14?,15?,16+,17-,18?,19-,20-/m1/s1. The second kappa shape index (κ2) is 4.56. The Kier molecular flexibility index (Phi) is 3.16. The molecule has 4 unspecified atom stereocenters. The molecule has 5 rings (SSSR count). The second-order valence-electron chi connectivity index (χ2n) is 10.7. The third-order valence-corrected chi connectivity index (χ3v) is 10.2. The van der Waals surface area contributed by atoms with Crippen LogP contribution in [0.1, 0.15) is 47.0 Å². The van der Waals surface area contributed by atoms with Gasteiger partial charge in [0.2, 0.25) is 0 Å². The first kappa shape index (κ1) is 18.7. The predicted octanol–water partition coefficient (Wildman–Crippen LogP) is -0.638. The molecule has 7 heteroatoms. The fourth-order valence-corrected chi connectivity index (χ4v) is 8.76. The van der Waals surface area contributed by atoms with Gasteiger partial charge in [0, 0.05) is 36.2 Å². The smallest absolute Gasteiger partial charge is 0.177 e. The van der Waals surface area contributed by atoms with Crippen molar-refractivity contribution in [2.45, 2.75) is 81.8 Å². The number of hydrogen-bond acceptors (Lipinski definition) is 7. The Hall–Kier alpha value is -0.280. The van der Waals surface area contributed by atoms with E-state index in [1.807, 2.05) is 13.8 Å². The summed E-state index contributed by atoms with van der Waals surface area (Å²) in [5.41, 5.74) is -7.48. The largest absolute Gasteiger partial charge is 0.396 e. The molecule has 1 saturated heterocycles. The van der Waals surface area contributed by atoms with Crippen LogP contribution in [-0.4, -0.2) is 72.0 Å². The molecule has 27 heavy (non-hydrogen) atoms. The van der Waals surface area contributed by atoms with Gasteiger partial charge in [-0.2, -0.15) is 0 Å². The minimum atomic E-state index is -1.96. The molecule has 1 aliphatic heterocycles. The molecule has 0 radical (unpaired) electrons. The van der Waals surface area contributed by atoms with E-state index in [2.05, 4.69) is 0 Å². The fraction of sp³-hybridized carbons (Fsp3) is 1.00. The van der Waals surface area contributed by atoms with Gasteiger partial charge in [-0.05, 0) is 25.7 Å². The molecule has 4 aliphatic carbocycles. The summed E-state index contributed by atoms with van der Waals surface area (Å²) in [7, 11) is 0. The SMILES string of the molecule is CC(CO)[C@@]1(O)[C@H](O)[C@H]2C3(C)CC4(O)OC([C@@H]5[C@H](C)CC[C@@]53O)[C@@]2(O)[C@@]41C. The van der Waals surface area contributed by atoms with Crippen LogP contribution in [0.3, 0.4) is 0 Å². The number of fused-ring (bicyclic) bond motifs is 3. The summed E-state index contributed by atoms with van der Waals surface area (Å²) >= 11 is 0. The van der Waals surface area contributed by atoms with Gasteiger partial charge in [-0.15, -0.1) is 0 Å². The Labute approximate surface area is 159 Å². The Morgan fingerprint density at radius 1 is 1.15 bits per heavy atom. The van der Waals surface area contributed by atoms with Crippen molar-refractivity contribution in [3.05, 3.63) is 0 Å². The van der Waals surface area contributed by atoms with Gasteiger partial charge in [-0.25, -0.2) is 0 Å². The van der Waals surface area contributed by atoms with Crippen LogP contribution in [0.5, 0.6) is 0 Å². The molecule has 0 amide bonds. The summed E-state index contributed by atoms with van der Waals surface area (Å²) < 4.78 is 6.15. The lowest BCUT2D eigenvalue weighted by molar-refractivity contribution is -0.321. The van der Waals surface area contributed by atoms with Crippen LogP contribution < -0.4 is 0 Å². The maximum atomic E-state index is 12.1. The first-order valence-electron chi connectivity index (χ1n) is 10.2. The number of aliphatic hydroxyl groups excluding tert-OH is 2. The average Bonchev–Trinajstić information content (AvgIpc) is 2.97. The highest BCUT2D eigenvalue weighted by Crippen LogP contribution is 2.83. The van der Waals surface area contributed by atoms with Crippen LogP contribution in [-0.2, 0) is 4.74 Å². The zero-order valence-corrected chi connectivity index (χ0v) is 16.4. The molecular formula is C20H32O7. The molecule has 0 aromatic carbocycles. The van der Waals surface area contributed by atoms with E-state index in [0.717, 1.165) is 6.42 Å². The zero-order chi connectivity index (χ0) is 20.0. The van der Waals surface area contributed by atoms with Crippen LogP contribution in [0.2, 0.25) is 0 Å². The molecule has 5 aliphatic rings. The minimum absolute atomic E-state index is 0.0250. The summed E-state index contributed by atoms with van der Waals surface area (Å²) in [6, 6.07) is 0. The molecule has 4 saturated carbocycles. The number of ether oxygens (including phenoxy) is 1. The van der Waals surface area contributed by atoms with Gasteiger partial charge in [0.1, 0.15) is 11.2 Å². The van der Waals surface area contributed by atoms with Crippen molar-refractivity contribution in [1.29, 1.82) is 0 Å². The van der Waals surface area contributed by atoms with Crippen LogP contribution >= 0.6 is 0 Å². The predicted molar refractivity (Wildman–Crippen MR) is 93.1 cm³/mol. The molecule has 1 heterocycles. The third-order valence-electron chi connectivity index (χ3n) is 10.2. The summed E-state index contributed by atoms with van der Waals surface area (Å²) in [6.07, 6.45) is -0.972. The molecular weight excluding hydrogens is 352 g/mol. The van der Waals surface area contributed by atoms with Crippen molar-refractivity contribution in [1.82, 2.24) is 0 Å². The average molecular weight is 384 g/mol. The topological polar surface area (TPSA) is 131 Å². The van der Waals surface area contributed by atoms with E-state index in [4.69, 9.17) is 4.74 Å². The number of hydrogen-bond donors (Lipinski definition) is 6. The maximum absolute atomic E-state index is 12.1. The molecule has 6 N–H and O–H groups in total. The van der Waals surface area contributed by atoms with E-state index in [1.54, 1.807) is 13.8 Å². The normalized spacial score (nSPS) is 69.8. The summed E-state index contributed by atoms with van der Waals surface area (Å²) in [4.78, 5) is 0. The van der Waals surface area contributed by atoms with Crippen LogP contribution in [0.15, 0.2) is 0 Å². The highest BCUT2D eigenvalue weighted by molar-refractivity contribution is 5.43. The lowest BCUT2D eigenvalue weighted by Gasteiger charge is -2.64. The van der Waals surface area contributed by atoms with E-state index in [9.17, 15) is 30.6 Å². The first-order chi connectivity index (χ1) is 12.3. The van der Waals surface area contributed by atoms with Gasteiger partial charge in [0.25, 0.3) is 0 Å². The lowest BCUT2D eigenvalue weighted by atomic mass is 9.41. The lowest BCUT2D eigenvalue weighted by Crippen LogP contribution is -2.77. The molecule has 12 atom stereocenters. The molecule has 0 aromatic heterocycles. The van der Waals surface area contributed by atoms with Gasteiger partial charge in [0.05, 0.1) is 23.2 Å². The molecule has 7 nitrogen and oxygen atoms in total. The van der Waals surface area contributed by atoms with Crippen molar-refractivity contribution in [3.8, 4) is 0 Å². The summed E-state index contributed by atoms with van der Waals surface area (Å²) in [6.45, 7) is 6.59. The first-order valence-corrected chi connectivity index (χ1v) is 10.2. The molecule has 0 spiro atoms. The van der Waals surface area contributed by atoms with Gasteiger partial charge in [-0.3, -0.25) is 0 Å². The van der Waals surface area contributed by atoms with E-state index < -0.39 is 70.0 Å². The quantitative estimate of drug-likeness (QED) is 0.373. The van der Waals surface area contributed by atoms with Crippen molar-refractivity contribution < 1.29 is 35.4 Å². The third kappa shape index (κ3) is 1.37. The zero-order valence-electron chi connectivity index (χ0n) is 16.4. The molecule has 0 aromatic rings. The summed E-state index contributed by atoms with van der Waals surface area (Å²) in [5, 5.41) is 68.6. The van der Waals surface area contributed by atoms with Crippen molar-refractivity contribution in [2.75, 3.05) is 6.61 Å². The second-order valence-corrected chi connectivity index (χ2v) is 10.7. The number of rotatable bonds is 2. The van der Waals surface area contributed by atoms with Crippen LogP contribution in [0.25, 0.3) is 0 Å². The molecule has 5 bridgehead atoms. The van der Waals surface area contributed by atoms with E-state index in [0.29, 0.717) is 6.42 Å². The number of aliphatic hydroxyl groups is 6. The van der Waals surface area contributed by atoms with Crippen molar-refractivity contribution in [2.24, 2.45) is 34.5 Å². The van der Waals surface area contributed by atoms with Crippen LogP contribution in [0, 0.1) is 34.5 Å². The van der Waals surface area contributed by atoms with Gasteiger partial charge in [-0.1, -0.05) is 20.8 Å². The van der Waals surface area contributed by atoms with Gasteiger partial charge < -0.3 is 35.4 Å². The van der Waals surface area contributed by atoms with Crippen LogP contribution in [0.4, 0.5) is 0 Å². The van der Waals surface area contributed by atoms with Gasteiger partial charge in [0.15, 0.2) is 5.79 Å². The monoisotopic (exact) mass is 384 g/mol. The minimum Gasteiger partial charge on any atom is -0.396 e. The Bertz CT molecular complexity index is 716. The molecule has 5 fully saturated rings. The summed E-state index contributed by atoms with van der Waals surface area (Å²) in [5.74, 6) is -3.88. The highest BCUT2D eigenvalue weighted by atomic mass is 16.7. The maximum Gasteiger partial charge on any atom is 0.177 e. The highest BCUT2D eigenvalue weighted by Gasteiger charge is 2.97. The van der Waals surface area contributed by atoms with Crippen molar-refractivity contribution >= 4 is 0 Å². The Morgan fingerprint density at radius 2 is 1.78 bits per heavy atom. The molecule has 154 valence electrons. The van der Waals surface area contributed by atoms with Crippen molar-refractivity contribution in [3.63, 3.8) is 0 Å². The Balaban J connectivity index is 1.85. The van der Waals surface area contributed by atoms with E-state index in [-0.39, 0.29) is 12.3 Å². The van der Waals surface area contributed by atoms with E-state index >= 15 is 0 Å².